The number of ketones is 1. The largest absolute Gasteiger partial charge is 0.456 e. The summed E-state index contributed by atoms with van der Waals surface area (Å²) < 4.78 is 5.48. The van der Waals surface area contributed by atoms with E-state index >= 15 is 0 Å². The van der Waals surface area contributed by atoms with E-state index in [1.807, 2.05) is 54.7 Å². The fourth-order valence-electron chi connectivity index (χ4n) is 6.01. The molecule has 1 atom stereocenters. The average Bonchev–Trinajstić information content (AvgIpc) is 3.43. The number of ether oxygens (including phenoxy) is 1. The third-order valence-corrected chi connectivity index (χ3v) is 8.64. The molecule has 218 valence electrons. The second-order valence-electron chi connectivity index (χ2n) is 11.3. The van der Waals surface area contributed by atoms with Crippen molar-refractivity contribution in [1.82, 2.24) is 10.3 Å². The number of rotatable bonds is 11. The van der Waals surface area contributed by atoms with Crippen LogP contribution in [0.1, 0.15) is 83.2 Å². The normalized spacial score (nSPS) is 17.5. The Morgan fingerprint density at radius 1 is 0.929 bits per heavy atom. The molecule has 7 heteroatoms. The predicted octanol–water partition coefficient (Wildman–Crippen LogP) is 7.66. The summed E-state index contributed by atoms with van der Waals surface area (Å²) in [5.41, 5.74) is 3.92. The first kappa shape index (κ1) is 29.6. The van der Waals surface area contributed by atoms with Crippen LogP contribution >= 0.6 is 11.6 Å². The fourth-order valence-corrected chi connectivity index (χ4v) is 6.14. The molecule has 0 radical (unpaired) electrons. The lowest BCUT2D eigenvalue weighted by Gasteiger charge is -2.28. The second-order valence-corrected chi connectivity index (χ2v) is 11.7. The van der Waals surface area contributed by atoms with Crippen molar-refractivity contribution >= 4 is 40.2 Å². The number of carbonyl (C=O) groups excluding carboxylic acids is 3. The van der Waals surface area contributed by atoms with Gasteiger partial charge >= 0.3 is 5.97 Å². The predicted molar refractivity (Wildman–Crippen MR) is 166 cm³/mol. The summed E-state index contributed by atoms with van der Waals surface area (Å²) in [4.78, 5) is 42.4. The van der Waals surface area contributed by atoms with E-state index in [1.165, 1.54) is 44.1 Å². The van der Waals surface area contributed by atoms with E-state index in [9.17, 15) is 14.4 Å². The molecule has 0 bridgehead atoms. The number of H-pyrrole nitrogens is 1. The molecule has 0 saturated heterocycles. The van der Waals surface area contributed by atoms with Gasteiger partial charge in [-0.05, 0) is 79.0 Å². The van der Waals surface area contributed by atoms with E-state index in [4.69, 9.17) is 16.3 Å². The van der Waals surface area contributed by atoms with Crippen molar-refractivity contribution in [2.75, 3.05) is 6.61 Å². The van der Waals surface area contributed by atoms with Crippen LogP contribution < -0.4 is 5.32 Å². The van der Waals surface area contributed by atoms with Gasteiger partial charge in [0.05, 0.1) is 0 Å². The maximum Gasteiger partial charge on any atom is 0.329 e. The van der Waals surface area contributed by atoms with Gasteiger partial charge in [0.15, 0.2) is 12.4 Å². The highest BCUT2D eigenvalue weighted by molar-refractivity contribution is 6.30. The van der Waals surface area contributed by atoms with Crippen LogP contribution in [0.2, 0.25) is 5.02 Å². The van der Waals surface area contributed by atoms with Crippen molar-refractivity contribution in [3.05, 3.63) is 106 Å². The SMILES string of the molecule is CCCC1CCC(c2ccc(C(=O)COC(=O)C(Cc3c[nH]c4ccccc34)NC(=O)c3ccc(Cl)cc3)cc2)CC1. The first-order valence-corrected chi connectivity index (χ1v) is 15.2. The van der Waals surface area contributed by atoms with E-state index in [0.29, 0.717) is 22.1 Å². The van der Waals surface area contributed by atoms with Crippen molar-refractivity contribution in [3.63, 3.8) is 0 Å². The van der Waals surface area contributed by atoms with Gasteiger partial charge in [-0.25, -0.2) is 4.79 Å². The second kappa shape index (κ2) is 13.8. The highest BCUT2D eigenvalue weighted by atomic mass is 35.5. The minimum absolute atomic E-state index is 0.200. The van der Waals surface area contributed by atoms with Crippen molar-refractivity contribution in [2.24, 2.45) is 5.92 Å². The van der Waals surface area contributed by atoms with Crippen LogP contribution in [0.3, 0.4) is 0 Å². The fraction of sp³-hybridized carbons (Fsp3) is 0.343. The monoisotopic (exact) mass is 584 g/mol. The Bertz CT molecular complexity index is 1520. The molecule has 1 heterocycles. The van der Waals surface area contributed by atoms with E-state index in [2.05, 4.69) is 17.2 Å². The number of aromatic nitrogens is 1. The van der Waals surface area contributed by atoms with Crippen LogP contribution in [0, 0.1) is 5.92 Å². The molecule has 5 rings (SSSR count). The minimum Gasteiger partial charge on any atom is -0.456 e. The molecule has 3 aromatic carbocycles. The zero-order valence-electron chi connectivity index (χ0n) is 23.9. The zero-order valence-corrected chi connectivity index (χ0v) is 24.7. The van der Waals surface area contributed by atoms with E-state index in [-0.39, 0.29) is 12.2 Å². The van der Waals surface area contributed by atoms with Crippen molar-refractivity contribution in [2.45, 2.75) is 63.8 Å². The van der Waals surface area contributed by atoms with Crippen LogP contribution in [0.5, 0.6) is 0 Å². The zero-order chi connectivity index (χ0) is 29.5. The smallest absolute Gasteiger partial charge is 0.329 e. The number of benzene rings is 3. The van der Waals surface area contributed by atoms with E-state index in [0.717, 1.165) is 22.4 Å². The van der Waals surface area contributed by atoms with Crippen LogP contribution in [0.25, 0.3) is 10.9 Å². The number of amides is 1. The Morgan fingerprint density at radius 2 is 1.62 bits per heavy atom. The van der Waals surface area contributed by atoms with Crippen LogP contribution in [0.4, 0.5) is 0 Å². The molecule has 1 fully saturated rings. The number of fused-ring (bicyclic) bond motifs is 1. The highest BCUT2D eigenvalue weighted by Gasteiger charge is 2.26. The van der Waals surface area contributed by atoms with Gasteiger partial charge in [0.1, 0.15) is 6.04 Å². The Kier molecular flexibility index (Phi) is 9.75. The van der Waals surface area contributed by atoms with Crippen molar-refractivity contribution in [3.8, 4) is 0 Å². The standard InChI is InChI=1S/C35H37ClN2O4/c1-2-5-23-8-10-24(11-9-23)25-12-14-26(15-13-25)33(39)22-42-35(41)32(38-34(40)27-16-18-29(36)19-17-27)20-28-21-37-31-7-4-3-6-30(28)31/h3-4,6-7,12-19,21,23-24,32,37H,2,5,8-11,20,22H2,1H3,(H,38,40). The van der Waals surface area contributed by atoms with E-state index in [1.54, 1.807) is 24.3 Å². The maximum absolute atomic E-state index is 13.3. The summed E-state index contributed by atoms with van der Waals surface area (Å²) in [6.45, 7) is 1.85. The number of Topliss-reactive ketones (excluding diaryl/α,β-unsaturated/α-hetero) is 1. The lowest BCUT2D eigenvalue weighted by molar-refractivity contribution is -0.144. The molecule has 1 aliphatic carbocycles. The van der Waals surface area contributed by atoms with Gasteiger partial charge in [-0.2, -0.15) is 0 Å². The topological polar surface area (TPSA) is 88.3 Å². The van der Waals surface area contributed by atoms with Crippen LogP contribution in [0.15, 0.2) is 79.0 Å². The third-order valence-electron chi connectivity index (χ3n) is 8.39. The Labute approximate surface area is 251 Å². The maximum atomic E-state index is 13.3. The summed E-state index contributed by atoms with van der Waals surface area (Å²) in [5.74, 6) is -0.000841. The molecule has 1 unspecified atom stereocenters. The van der Waals surface area contributed by atoms with Gasteiger partial charge in [-0.1, -0.05) is 73.8 Å². The molecule has 1 aromatic heterocycles. The van der Waals surface area contributed by atoms with Crippen molar-refractivity contribution < 1.29 is 19.1 Å². The molecule has 2 N–H and O–H groups in total. The average molecular weight is 585 g/mol. The Morgan fingerprint density at radius 3 is 2.33 bits per heavy atom. The molecule has 0 spiro atoms. The summed E-state index contributed by atoms with van der Waals surface area (Å²) in [6, 6.07) is 20.9. The number of aromatic amines is 1. The molecule has 6 nitrogen and oxygen atoms in total. The third kappa shape index (κ3) is 7.29. The van der Waals surface area contributed by atoms with Gasteiger partial charge in [-0.3, -0.25) is 9.59 Å². The molecule has 1 aliphatic rings. The van der Waals surface area contributed by atoms with Gasteiger partial charge in [0.2, 0.25) is 0 Å². The van der Waals surface area contributed by atoms with Gasteiger partial charge in [0, 0.05) is 39.7 Å². The Balaban J connectivity index is 1.23. The summed E-state index contributed by atoms with van der Waals surface area (Å²) in [6.07, 6.45) is 9.49. The molecule has 1 amide bonds. The minimum atomic E-state index is -0.995. The number of esters is 1. The molecule has 4 aromatic rings. The Hall–Kier alpha value is -3.90. The summed E-state index contributed by atoms with van der Waals surface area (Å²) in [5, 5.41) is 4.25. The lowest BCUT2D eigenvalue weighted by atomic mass is 9.77. The quantitative estimate of drug-likeness (QED) is 0.140. The number of nitrogens with one attached hydrogen (secondary N) is 2. The van der Waals surface area contributed by atoms with Gasteiger partial charge in [-0.15, -0.1) is 0 Å². The lowest BCUT2D eigenvalue weighted by Crippen LogP contribution is -2.43. The molecule has 1 saturated carbocycles. The van der Waals surface area contributed by atoms with E-state index < -0.39 is 24.5 Å². The number of hydrogen-bond acceptors (Lipinski definition) is 4. The molecular formula is C35H37ClN2O4. The molecule has 42 heavy (non-hydrogen) atoms. The molecule has 0 aliphatic heterocycles. The van der Waals surface area contributed by atoms with Crippen LogP contribution in [-0.2, 0) is 16.0 Å². The summed E-state index contributed by atoms with van der Waals surface area (Å²) >= 11 is 5.97. The number of carbonyl (C=O) groups is 3. The van der Waals surface area contributed by atoms with Crippen LogP contribution in [-0.4, -0.2) is 35.3 Å². The van der Waals surface area contributed by atoms with Gasteiger partial charge in [0.25, 0.3) is 5.91 Å². The number of para-hydroxylation sites is 1. The van der Waals surface area contributed by atoms with Gasteiger partial charge < -0.3 is 15.0 Å². The first-order chi connectivity index (χ1) is 20.4. The summed E-state index contributed by atoms with van der Waals surface area (Å²) in [7, 11) is 0. The molecular weight excluding hydrogens is 548 g/mol. The van der Waals surface area contributed by atoms with Crippen molar-refractivity contribution in [1.29, 1.82) is 0 Å². The first-order valence-electron chi connectivity index (χ1n) is 14.8. The number of hydrogen-bond donors (Lipinski definition) is 2. The highest BCUT2D eigenvalue weighted by Crippen LogP contribution is 2.37. The number of halogens is 1.